The molecule has 0 aliphatic heterocycles. The first-order valence-corrected chi connectivity index (χ1v) is 15.7. The number of anilines is 1. The van der Waals surface area contributed by atoms with Crippen molar-refractivity contribution in [2.45, 2.75) is 77.4 Å². The lowest BCUT2D eigenvalue weighted by Gasteiger charge is -2.32. The monoisotopic (exact) mass is 581 g/mol. The van der Waals surface area contributed by atoms with Crippen molar-refractivity contribution in [1.82, 2.24) is 10.2 Å². The van der Waals surface area contributed by atoms with Crippen LogP contribution in [0.4, 0.5) is 5.69 Å². The molecule has 1 aliphatic rings. The molecule has 1 atom stereocenters. The highest BCUT2D eigenvalue weighted by Gasteiger charge is 2.31. The lowest BCUT2D eigenvalue weighted by molar-refractivity contribution is -0.141. The van der Waals surface area contributed by atoms with Crippen LogP contribution >= 0.6 is 23.2 Å². The molecule has 1 aliphatic carbocycles. The molecular weight excluding hydrogens is 545 g/mol. The largest absolute Gasteiger partial charge is 0.352 e. The van der Waals surface area contributed by atoms with E-state index in [0.717, 1.165) is 37.5 Å². The van der Waals surface area contributed by atoms with Gasteiger partial charge in [-0.2, -0.15) is 0 Å². The zero-order chi connectivity index (χ0) is 27.9. The Labute approximate surface area is 236 Å². The molecule has 2 aromatic rings. The third-order valence-electron chi connectivity index (χ3n) is 6.89. The molecule has 2 amide bonds. The molecule has 208 valence electrons. The molecule has 0 aromatic heterocycles. The molecule has 2 aromatic carbocycles. The summed E-state index contributed by atoms with van der Waals surface area (Å²) in [5, 5.41) is 4.03. The van der Waals surface area contributed by atoms with E-state index in [1.807, 2.05) is 19.9 Å². The summed E-state index contributed by atoms with van der Waals surface area (Å²) in [6, 6.07) is 11.8. The van der Waals surface area contributed by atoms with Gasteiger partial charge >= 0.3 is 0 Å². The number of halogens is 2. The molecule has 1 N–H and O–H groups in total. The van der Waals surface area contributed by atoms with Gasteiger partial charge in [-0.1, -0.05) is 61.2 Å². The maximum Gasteiger partial charge on any atom is 0.243 e. The first kappa shape index (κ1) is 30.3. The van der Waals surface area contributed by atoms with Crippen molar-refractivity contribution in [3.8, 4) is 0 Å². The van der Waals surface area contributed by atoms with Gasteiger partial charge in [0.15, 0.2) is 0 Å². The van der Waals surface area contributed by atoms with E-state index in [0.29, 0.717) is 34.1 Å². The van der Waals surface area contributed by atoms with E-state index in [1.54, 1.807) is 41.3 Å². The summed E-state index contributed by atoms with van der Waals surface area (Å²) < 4.78 is 26.4. The second kappa shape index (κ2) is 13.7. The van der Waals surface area contributed by atoms with Gasteiger partial charge in [-0.25, -0.2) is 8.42 Å². The van der Waals surface area contributed by atoms with Gasteiger partial charge in [-0.05, 0) is 68.0 Å². The lowest BCUT2D eigenvalue weighted by Crippen LogP contribution is -2.51. The third kappa shape index (κ3) is 8.35. The van der Waals surface area contributed by atoms with Crippen LogP contribution in [0.5, 0.6) is 0 Å². The van der Waals surface area contributed by atoms with Gasteiger partial charge in [0.05, 0.1) is 11.9 Å². The van der Waals surface area contributed by atoms with Crippen molar-refractivity contribution in [2.75, 3.05) is 17.1 Å². The van der Waals surface area contributed by atoms with Gasteiger partial charge < -0.3 is 10.2 Å². The minimum atomic E-state index is -3.54. The summed E-state index contributed by atoms with van der Waals surface area (Å²) in [5.41, 5.74) is 2.19. The predicted octanol–water partition coefficient (Wildman–Crippen LogP) is 5.71. The Hall–Kier alpha value is -2.29. The van der Waals surface area contributed by atoms with E-state index in [9.17, 15) is 18.0 Å². The van der Waals surface area contributed by atoms with Gasteiger partial charge in [-0.3, -0.25) is 13.9 Å². The van der Waals surface area contributed by atoms with Gasteiger partial charge in [-0.15, -0.1) is 0 Å². The van der Waals surface area contributed by atoms with Crippen molar-refractivity contribution in [1.29, 1.82) is 0 Å². The summed E-state index contributed by atoms with van der Waals surface area (Å²) in [6.45, 7) is 4.08. The summed E-state index contributed by atoms with van der Waals surface area (Å²) in [5.74, 6) is -0.405. The van der Waals surface area contributed by atoms with E-state index >= 15 is 0 Å². The molecule has 10 heteroatoms. The second-order valence-electron chi connectivity index (χ2n) is 9.95. The molecule has 7 nitrogen and oxygen atoms in total. The number of nitrogens with one attached hydrogen (secondary N) is 1. The van der Waals surface area contributed by atoms with Crippen LogP contribution in [0, 0.1) is 6.92 Å². The number of nitrogens with zero attached hydrogens (tertiary/aromatic N) is 2. The molecule has 0 saturated heterocycles. The molecule has 0 radical (unpaired) electrons. The number of carbonyl (C=O) groups excluding carboxylic acids is 2. The fourth-order valence-electron chi connectivity index (χ4n) is 4.91. The van der Waals surface area contributed by atoms with Gasteiger partial charge in [0.2, 0.25) is 21.8 Å². The number of amides is 2. The minimum absolute atomic E-state index is 0.0796. The number of hydrogen-bond donors (Lipinski definition) is 1. The molecule has 1 saturated carbocycles. The Kier molecular flexibility index (Phi) is 10.9. The van der Waals surface area contributed by atoms with Crippen LogP contribution < -0.4 is 9.62 Å². The van der Waals surface area contributed by atoms with Crippen molar-refractivity contribution in [2.24, 2.45) is 0 Å². The maximum atomic E-state index is 13.6. The van der Waals surface area contributed by atoms with Gasteiger partial charge in [0.25, 0.3) is 0 Å². The SMILES string of the molecule is CCC(C(=O)NC1CCCC1)N(Cc1ccc(Cl)cc1Cl)C(=O)CCCN(c1cccc(C)c1)S(C)(=O)=O. The molecule has 3 rings (SSSR count). The van der Waals surface area contributed by atoms with Crippen molar-refractivity contribution in [3.63, 3.8) is 0 Å². The Morgan fingerprint density at radius 3 is 2.42 bits per heavy atom. The molecule has 0 heterocycles. The number of benzene rings is 2. The summed E-state index contributed by atoms with van der Waals surface area (Å²) in [6.07, 6.45) is 6.03. The van der Waals surface area contributed by atoms with E-state index in [2.05, 4.69) is 5.32 Å². The number of rotatable bonds is 12. The third-order valence-corrected chi connectivity index (χ3v) is 8.67. The van der Waals surface area contributed by atoms with E-state index in [1.165, 1.54) is 4.31 Å². The van der Waals surface area contributed by atoms with Crippen LogP contribution in [0.25, 0.3) is 0 Å². The van der Waals surface area contributed by atoms with Crippen LogP contribution in [0.15, 0.2) is 42.5 Å². The molecule has 1 fully saturated rings. The predicted molar refractivity (Wildman–Crippen MR) is 154 cm³/mol. The number of carbonyl (C=O) groups is 2. The van der Waals surface area contributed by atoms with Gasteiger partial charge in [0, 0.05) is 35.6 Å². The lowest BCUT2D eigenvalue weighted by atomic mass is 10.1. The van der Waals surface area contributed by atoms with Crippen LogP contribution in [-0.4, -0.2) is 50.0 Å². The van der Waals surface area contributed by atoms with Crippen LogP contribution in [0.2, 0.25) is 10.0 Å². The summed E-state index contributed by atoms with van der Waals surface area (Å²) >= 11 is 12.5. The standard InChI is InChI=1S/C28H37Cl2N3O4S/c1-4-26(28(35)31-23-10-5-6-11-23)32(19-21-14-15-22(29)18-25(21)30)27(34)13-8-16-33(38(3,36)37)24-12-7-9-20(2)17-24/h7,9,12,14-15,17-18,23,26H,4-6,8,10-11,13,16,19H2,1-3H3,(H,31,35). The van der Waals surface area contributed by atoms with Crippen molar-refractivity contribution < 1.29 is 18.0 Å². The fourth-order valence-corrected chi connectivity index (χ4v) is 6.33. The van der Waals surface area contributed by atoms with E-state index in [-0.39, 0.29) is 37.4 Å². The van der Waals surface area contributed by atoms with Crippen molar-refractivity contribution in [3.05, 3.63) is 63.6 Å². The first-order valence-electron chi connectivity index (χ1n) is 13.1. The Bertz CT molecular complexity index is 1230. The number of sulfonamides is 1. The molecule has 0 spiro atoms. The maximum absolute atomic E-state index is 13.6. The minimum Gasteiger partial charge on any atom is -0.352 e. The Balaban J connectivity index is 1.78. The average Bonchev–Trinajstić information content (AvgIpc) is 3.35. The second-order valence-corrected chi connectivity index (χ2v) is 12.7. The zero-order valence-corrected chi connectivity index (χ0v) is 24.6. The first-order chi connectivity index (χ1) is 18.0. The quantitative estimate of drug-likeness (QED) is 0.347. The highest BCUT2D eigenvalue weighted by atomic mass is 35.5. The highest BCUT2D eigenvalue weighted by Crippen LogP contribution is 2.25. The van der Waals surface area contributed by atoms with E-state index in [4.69, 9.17) is 23.2 Å². The number of hydrogen-bond acceptors (Lipinski definition) is 4. The average molecular weight is 583 g/mol. The molecule has 0 bridgehead atoms. The normalized spacial score (nSPS) is 14.8. The number of aryl methyl sites for hydroxylation is 1. The fraction of sp³-hybridized carbons (Fsp3) is 0.500. The van der Waals surface area contributed by atoms with Crippen LogP contribution in [0.3, 0.4) is 0 Å². The van der Waals surface area contributed by atoms with Crippen LogP contribution in [-0.2, 0) is 26.2 Å². The van der Waals surface area contributed by atoms with Gasteiger partial charge in [0.1, 0.15) is 6.04 Å². The Morgan fingerprint density at radius 2 is 1.82 bits per heavy atom. The summed E-state index contributed by atoms with van der Waals surface area (Å²) in [4.78, 5) is 28.5. The van der Waals surface area contributed by atoms with Crippen molar-refractivity contribution >= 4 is 50.7 Å². The van der Waals surface area contributed by atoms with E-state index < -0.39 is 16.1 Å². The molecule has 38 heavy (non-hydrogen) atoms. The smallest absolute Gasteiger partial charge is 0.243 e. The molecule has 1 unspecified atom stereocenters. The zero-order valence-electron chi connectivity index (χ0n) is 22.3. The van der Waals surface area contributed by atoms with Crippen LogP contribution in [0.1, 0.15) is 63.0 Å². The topological polar surface area (TPSA) is 86.8 Å². The molecular formula is C28H37Cl2N3O4S. The Morgan fingerprint density at radius 1 is 1.11 bits per heavy atom. The highest BCUT2D eigenvalue weighted by molar-refractivity contribution is 7.92. The summed E-state index contributed by atoms with van der Waals surface area (Å²) in [7, 11) is -3.54.